The highest BCUT2D eigenvalue weighted by Gasteiger charge is 2.30. The zero-order valence-corrected chi connectivity index (χ0v) is 9.08. The fourth-order valence-corrected chi connectivity index (χ4v) is 2.54. The summed E-state index contributed by atoms with van der Waals surface area (Å²) >= 11 is 0. The van der Waals surface area contributed by atoms with Crippen molar-refractivity contribution >= 4 is 0 Å². The molecule has 0 radical (unpaired) electrons. The lowest BCUT2D eigenvalue weighted by Crippen LogP contribution is -2.61. The highest BCUT2D eigenvalue weighted by atomic mass is 16.3. The van der Waals surface area contributed by atoms with Gasteiger partial charge in [-0.1, -0.05) is 19.8 Å². The maximum Gasteiger partial charge on any atom is 0.0693 e. The molecular weight excluding hydrogens is 176 g/mol. The van der Waals surface area contributed by atoms with Gasteiger partial charge in [-0.05, 0) is 19.4 Å². The van der Waals surface area contributed by atoms with Crippen molar-refractivity contribution in [3.8, 4) is 0 Å². The van der Waals surface area contributed by atoms with E-state index in [0.717, 1.165) is 19.4 Å². The van der Waals surface area contributed by atoms with Crippen molar-refractivity contribution in [3.05, 3.63) is 0 Å². The number of hydrogen-bond acceptors (Lipinski definition) is 3. The summed E-state index contributed by atoms with van der Waals surface area (Å²) < 4.78 is 0. The zero-order chi connectivity index (χ0) is 9.97. The van der Waals surface area contributed by atoms with E-state index >= 15 is 0 Å². The maximum absolute atomic E-state index is 9.78. The van der Waals surface area contributed by atoms with Gasteiger partial charge in [0.05, 0.1) is 6.10 Å². The first-order chi connectivity index (χ1) is 6.79. The SMILES string of the molecule is CCN1CC(N[C@@H]2CCCC[C@H]2O)C1. The average Bonchev–Trinajstić information content (AvgIpc) is 2.13. The van der Waals surface area contributed by atoms with Gasteiger partial charge in [-0.15, -0.1) is 0 Å². The minimum Gasteiger partial charge on any atom is -0.392 e. The Labute approximate surface area is 86.5 Å². The molecule has 0 unspecified atom stereocenters. The van der Waals surface area contributed by atoms with Crippen LogP contribution in [0.1, 0.15) is 32.6 Å². The van der Waals surface area contributed by atoms with Gasteiger partial charge in [0.25, 0.3) is 0 Å². The van der Waals surface area contributed by atoms with E-state index in [2.05, 4.69) is 17.1 Å². The Morgan fingerprint density at radius 2 is 2.00 bits per heavy atom. The summed E-state index contributed by atoms with van der Waals surface area (Å²) in [6.45, 7) is 5.69. The predicted octanol–water partition coefficient (Wildman–Crippen LogP) is 0.584. The molecule has 1 heterocycles. The van der Waals surface area contributed by atoms with Crippen LogP contribution in [-0.2, 0) is 0 Å². The molecule has 1 aliphatic heterocycles. The summed E-state index contributed by atoms with van der Waals surface area (Å²) in [6, 6.07) is 1.00. The van der Waals surface area contributed by atoms with Crippen LogP contribution in [0.25, 0.3) is 0 Å². The Bertz CT molecular complexity index is 180. The normalized spacial score (nSPS) is 35.6. The summed E-state index contributed by atoms with van der Waals surface area (Å²) in [7, 11) is 0. The van der Waals surface area contributed by atoms with Crippen LogP contribution in [0.4, 0.5) is 0 Å². The van der Waals surface area contributed by atoms with Crippen LogP contribution >= 0.6 is 0 Å². The van der Waals surface area contributed by atoms with E-state index in [-0.39, 0.29) is 6.10 Å². The predicted molar refractivity (Wildman–Crippen MR) is 57.3 cm³/mol. The van der Waals surface area contributed by atoms with E-state index in [1.54, 1.807) is 0 Å². The van der Waals surface area contributed by atoms with Crippen LogP contribution in [0.2, 0.25) is 0 Å². The van der Waals surface area contributed by atoms with Crippen molar-refractivity contribution in [2.75, 3.05) is 19.6 Å². The van der Waals surface area contributed by atoms with Crippen LogP contribution in [0, 0.1) is 0 Å². The van der Waals surface area contributed by atoms with Gasteiger partial charge < -0.3 is 15.3 Å². The third-order valence-electron chi connectivity index (χ3n) is 3.58. The van der Waals surface area contributed by atoms with Gasteiger partial charge in [0.15, 0.2) is 0 Å². The Balaban J connectivity index is 1.69. The smallest absolute Gasteiger partial charge is 0.0693 e. The molecule has 2 rings (SSSR count). The minimum atomic E-state index is -0.0978. The highest BCUT2D eigenvalue weighted by Crippen LogP contribution is 2.20. The van der Waals surface area contributed by atoms with Gasteiger partial charge in [0.1, 0.15) is 0 Å². The second-order valence-electron chi connectivity index (χ2n) is 4.67. The number of hydrogen-bond donors (Lipinski definition) is 2. The molecule has 82 valence electrons. The summed E-state index contributed by atoms with van der Waals surface area (Å²) in [5.41, 5.74) is 0. The molecule has 0 amide bonds. The number of rotatable bonds is 3. The first kappa shape index (κ1) is 10.4. The molecule has 14 heavy (non-hydrogen) atoms. The topological polar surface area (TPSA) is 35.5 Å². The first-order valence-corrected chi connectivity index (χ1v) is 5.96. The summed E-state index contributed by atoms with van der Waals surface area (Å²) in [5.74, 6) is 0. The largest absolute Gasteiger partial charge is 0.392 e. The van der Waals surface area contributed by atoms with Gasteiger partial charge in [-0.3, -0.25) is 0 Å². The van der Waals surface area contributed by atoms with Gasteiger partial charge >= 0.3 is 0 Å². The summed E-state index contributed by atoms with van der Waals surface area (Å²) in [5, 5.41) is 13.4. The third kappa shape index (κ3) is 2.27. The van der Waals surface area contributed by atoms with Crippen LogP contribution in [0.3, 0.4) is 0 Å². The number of nitrogens with one attached hydrogen (secondary N) is 1. The van der Waals surface area contributed by atoms with E-state index < -0.39 is 0 Å². The number of aliphatic hydroxyl groups excluding tert-OH is 1. The Hall–Kier alpha value is -0.120. The maximum atomic E-state index is 9.78. The van der Waals surface area contributed by atoms with Gasteiger partial charge in [0.2, 0.25) is 0 Å². The molecule has 0 bridgehead atoms. The molecule has 0 aromatic rings. The van der Waals surface area contributed by atoms with E-state index in [9.17, 15) is 5.11 Å². The molecule has 1 saturated carbocycles. The molecule has 0 spiro atoms. The lowest BCUT2D eigenvalue weighted by Gasteiger charge is -2.42. The highest BCUT2D eigenvalue weighted by molar-refractivity contribution is 4.90. The van der Waals surface area contributed by atoms with Crippen LogP contribution in [0.5, 0.6) is 0 Å². The summed E-state index contributed by atoms with van der Waals surface area (Å²) in [6.07, 6.45) is 4.52. The van der Waals surface area contributed by atoms with E-state index in [0.29, 0.717) is 12.1 Å². The Kier molecular flexibility index (Phi) is 3.42. The molecule has 0 aromatic heterocycles. The molecule has 1 saturated heterocycles. The quantitative estimate of drug-likeness (QED) is 0.696. The van der Waals surface area contributed by atoms with Crippen LogP contribution in [-0.4, -0.2) is 47.8 Å². The van der Waals surface area contributed by atoms with Crippen molar-refractivity contribution in [1.29, 1.82) is 0 Å². The number of nitrogens with zero attached hydrogens (tertiary/aromatic N) is 1. The van der Waals surface area contributed by atoms with Gasteiger partial charge in [0, 0.05) is 25.2 Å². The minimum absolute atomic E-state index is 0.0978. The van der Waals surface area contributed by atoms with Crippen molar-refractivity contribution < 1.29 is 5.11 Å². The lowest BCUT2D eigenvalue weighted by molar-refractivity contribution is 0.0557. The van der Waals surface area contributed by atoms with Gasteiger partial charge in [-0.25, -0.2) is 0 Å². The van der Waals surface area contributed by atoms with Crippen molar-refractivity contribution in [2.45, 2.75) is 50.8 Å². The molecule has 2 N–H and O–H groups in total. The molecule has 1 aliphatic carbocycles. The molecule has 0 aromatic carbocycles. The molecule has 2 fully saturated rings. The Morgan fingerprint density at radius 3 is 2.64 bits per heavy atom. The fraction of sp³-hybridized carbons (Fsp3) is 1.00. The van der Waals surface area contributed by atoms with E-state index in [1.165, 1.54) is 25.9 Å². The second kappa shape index (κ2) is 4.60. The standard InChI is InChI=1S/C11H22N2O/c1-2-13-7-9(8-13)12-10-5-3-4-6-11(10)14/h9-12,14H,2-8H2,1H3/t10-,11-/m1/s1. The third-order valence-corrected chi connectivity index (χ3v) is 3.58. The number of likely N-dealkylation sites (N-methyl/N-ethyl adjacent to an activating group) is 1. The first-order valence-electron chi connectivity index (χ1n) is 5.96. The van der Waals surface area contributed by atoms with Gasteiger partial charge in [-0.2, -0.15) is 0 Å². The van der Waals surface area contributed by atoms with Crippen molar-refractivity contribution in [1.82, 2.24) is 10.2 Å². The molecule has 2 atom stereocenters. The molecule has 3 nitrogen and oxygen atoms in total. The van der Waals surface area contributed by atoms with E-state index in [4.69, 9.17) is 0 Å². The molecule has 2 aliphatic rings. The summed E-state index contributed by atoms with van der Waals surface area (Å²) in [4.78, 5) is 2.42. The fourth-order valence-electron chi connectivity index (χ4n) is 2.54. The Morgan fingerprint density at radius 1 is 1.29 bits per heavy atom. The monoisotopic (exact) mass is 198 g/mol. The van der Waals surface area contributed by atoms with Crippen molar-refractivity contribution in [2.24, 2.45) is 0 Å². The number of likely N-dealkylation sites (tertiary alicyclic amines) is 1. The molecular formula is C11H22N2O. The second-order valence-corrected chi connectivity index (χ2v) is 4.67. The number of aliphatic hydroxyl groups is 1. The van der Waals surface area contributed by atoms with E-state index in [1.807, 2.05) is 0 Å². The van der Waals surface area contributed by atoms with Crippen LogP contribution in [0.15, 0.2) is 0 Å². The lowest BCUT2D eigenvalue weighted by atomic mass is 9.91. The van der Waals surface area contributed by atoms with Crippen molar-refractivity contribution in [3.63, 3.8) is 0 Å². The van der Waals surface area contributed by atoms with Crippen LogP contribution < -0.4 is 5.32 Å². The average molecular weight is 198 g/mol. The molecule has 3 heteroatoms. The zero-order valence-electron chi connectivity index (χ0n) is 9.08.